The number of amides is 1. The zero-order valence-corrected chi connectivity index (χ0v) is 13.9. The third-order valence-electron chi connectivity index (χ3n) is 3.68. The van der Waals surface area contributed by atoms with Crippen LogP contribution in [-0.4, -0.2) is 15.7 Å². The number of carbonyl (C=O) groups excluding carboxylic acids is 1. The first kappa shape index (κ1) is 16.2. The van der Waals surface area contributed by atoms with E-state index in [-0.39, 0.29) is 11.7 Å². The molecule has 0 unspecified atom stereocenters. The highest BCUT2D eigenvalue weighted by Gasteiger charge is 2.11. The van der Waals surface area contributed by atoms with Crippen LogP contribution >= 0.6 is 11.6 Å². The van der Waals surface area contributed by atoms with Crippen molar-refractivity contribution in [2.45, 2.75) is 13.8 Å². The van der Waals surface area contributed by atoms with Crippen LogP contribution in [0.15, 0.2) is 48.5 Å². The molecule has 24 heavy (non-hydrogen) atoms. The molecule has 0 aliphatic carbocycles. The molecular formula is C18H15ClFN3O. The van der Waals surface area contributed by atoms with Gasteiger partial charge in [-0.25, -0.2) is 9.07 Å². The quantitative estimate of drug-likeness (QED) is 0.759. The van der Waals surface area contributed by atoms with E-state index in [9.17, 15) is 9.18 Å². The minimum Gasteiger partial charge on any atom is -0.322 e. The Morgan fingerprint density at radius 2 is 1.71 bits per heavy atom. The number of rotatable bonds is 3. The molecule has 0 spiro atoms. The smallest absolute Gasteiger partial charge is 0.255 e. The molecule has 1 heterocycles. The number of carbonyl (C=O) groups is 1. The van der Waals surface area contributed by atoms with Crippen LogP contribution in [0.4, 0.5) is 10.1 Å². The Morgan fingerprint density at radius 3 is 2.25 bits per heavy atom. The average molecular weight is 344 g/mol. The lowest BCUT2D eigenvalue weighted by molar-refractivity contribution is 0.102. The summed E-state index contributed by atoms with van der Waals surface area (Å²) in [5.74, 6) is -0.670. The highest BCUT2D eigenvalue weighted by Crippen LogP contribution is 2.23. The van der Waals surface area contributed by atoms with E-state index < -0.39 is 0 Å². The molecule has 1 amide bonds. The maximum atomic E-state index is 12.9. The van der Waals surface area contributed by atoms with Gasteiger partial charge >= 0.3 is 0 Å². The van der Waals surface area contributed by atoms with Crippen LogP contribution in [0.25, 0.3) is 5.69 Å². The van der Waals surface area contributed by atoms with Gasteiger partial charge in [0.1, 0.15) is 5.82 Å². The van der Waals surface area contributed by atoms with Gasteiger partial charge in [0.05, 0.1) is 22.1 Å². The Labute approximate surface area is 143 Å². The summed E-state index contributed by atoms with van der Waals surface area (Å²) in [6, 6.07) is 12.6. The van der Waals surface area contributed by atoms with E-state index in [0.717, 1.165) is 17.1 Å². The minimum absolute atomic E-state index is 0.295. The molecule has 0 atom stereocenters. The zero-order chi connectivity index (χ0) is 17.3. The van der Waals surface area contributed by atoms with Gasteiger partial charge in [0.2, 0.25) is 0 Å². The standard InChI is InChI=1S/C18H15ClFN3O/c1-11-17(19)12(2)23(22-11)16-9-7-15(8-10-16)21-18(24)13-3-5-14(20)6-4-13/h3-10H,1-2H3,(H,21,24). The van der Waals surface area contributed by atoms with Crippen molar-refractivity contribution >= 4 is 23.2 Å². The number of hydrogen-bond donors (Lipinski definition) is 1. The molecule has 1 N–H and O–H groups in total. The summed E-state index contributed by atoms with van der Waals surface area (Å²) in [4.78, 5) is 12.1. The van der Waals surface area contributed by atoms with E-state index in [1.165, 1.54) is 24.3 Å². The molecule has 2 aromatic carbocycles. The minimum atomic E-state index is -0.376. The molecule has 0 fully saturated rings. The van der Waals surface area contributed by atoms with Gasteiger partial charge in [-0.3, -0.25) is 4.79 Å². The van der Waals surface area contributed by atoms with Gasteiger partial charge in [0.25, 0.3) is 5.91 Å². The fourth-order valence-corrected chi connectivity index (χ4v) is 2.48. The molecule has 1 aromatic heterocycles. The number of aryl methyl sites for hydroxylation is 1. The number of hydrogen-bond acceptors (Lipinski definition) is 2. The number of halogens is 2. The van der Waals surface area contributed by atoms with Gasteiger partial charge in [0.15, 0.2) is 0 Å². The van der Waals surface area contributed by atoms with Crippen LogP contribution in [0.1, 0.15) is 21.7 Å². The fourth-order valence-electron chi connectivity index (χ4n) is 2.37. The molecule has 0 aliphatic rings. The van der Waals surface area contributed by atoms with Gasteiger partial charge in [-0.05, 0) is 62.4 Å². The van der Waals surface area contributed by atoms with E-state index in [1.54, 1.807) is 16.8 Å². The molecule has 3 aromatic rings. The molecule has 6 heteroatoms. The van der Waals surface area contributed by atoms with Crippen molar-refractivity contribution in [2.75, 3.05) is 5.32 Å². The SMILES string of the molecule is Cc1nn(-c2ccc(NC(=O)c3ccc(F)cc3)cc2)c(C)c1Cl. The predicted octanol–water partition coefficient (Wildman–Crippen LogP) is 4.53. The lowest BCUT2D eigenvalue weighted by Gasteiger charge is -2.08. The third kappa shape index (κ3) is 3.16. The average Bonchev–Trinajstić information content (AvgIpc) is 2.84. The van der Waals surface area contributed by atoms with Crippen molar-refractivity contribution in [1.29, 1.82) is 0 Å². The van der Waals surface area contributed by atoms with Crippen molar-refractivity contribution in [3.05, 3.63) is 76.3 Å². The van der Waals surface area contributed by atoms with E-state index in [1.807, 2.05) is 26.0 Å². The lowest BCUT2D eigenvalue weighted by atomic mass is 10.2. The van der Waals surface area contributed by atoms with Crippen LogP contribution in [0, 0.1) is 19.7 Å². The van der Waals surface area contributed by atoms with Gasteiger partial charge in [-0.1, -0.05) is 11.6 Å². The highest BCUT2D eigenvalue weighted by atomic mass is 35.5. The number of benzene rings is 2. The highest BCUT2D eigenvalue weighted by molar-refractivity contribution is 6.31. The van der Waals surface area contributed by atoms with Crippen molar-refractivity contribution in [3.63, 3.8) is 0 Å². The van der Waals surface area contributed by atoms with Gasteiger partial charge in [0, 0.05) is 11.3 Å². The molecular weight excluding hydrogens is 329 g/mol. The second kappa shape index (κ2) is 6.45. The Balaban J connectivity index is 1.78. The Kier molecular flexibility index (Phi) is 4.36. The Morgan fingerprint density at radius 1 is 1.08 bits per heavy atom. The van der Waals surface area contributed by atoms with Crippen LogP contribution in [0.5, 0.6) is 0 Å². The first-order valence-electron chi connectivity index (χ1n) is 7.35. The predicted molar refractivity (Wildman–Crippen MR) is 92.4 cm³/mol. The first-order chi connectivity index (χ1) is 11.5. The molecule has 0 aliphatic heterocycles. The second-order valence-electron chi connectivity index (χ2n) is 5.40. The zero-order valence-electron chi connectivity index (χ0n) is 13.2. The van der Waals surface area contributed by atoms with Crippen LogP contribution in [-0.2, 0) is 0 Å². The summed E-state index contributed by atoms with van der Waals surface area (Å²) < 4.78 is 14.6. The Hall–Kier alpha value is -2.66. The van der Waals surface area contributed by atoms with Crippen molar-refractivity contribution in [2.24, 2.45) is 0 Å². The fraction of sp³-hybridized carbons (Fsp3) is 0.111. The van der Waals surface area contributed by atoms with Gasteiger partial charge < -0.3 is 5.32 Å². The molecule has 122 valence electrons. The molecule has 0 saturated carbocycles. The second-order valence-corrected chi connectivity index (χ2v) is 5.78. The summed E-state index contributed by atoms with van der Waals surface area (Å²) in [6.45, 7) is 3.75. The molecule has 0 saturated heterocycles. The van der Waals surface area contributed by atoms with Crippen LogP contribution in [0.2, 0.25) is 5.02 Å². The summed E-state index contributed by atoms with van der Waals surface area (Å²) in [5.41, 5.74) is 3.51. The molecule has 4 nitrogen and oxygen atoms in total. The molecule has 0 radical (unpaired) electrons. The third-order valence-corrected chi connectivity index (χ3v) is 4.23. The Bertz CT molecular complexity index is 886. The van der Waals surface area contributed by atoms with E-state index >= 15 is 0 Å². The lowest BCUT2D eigenvalue weighted by Crippen LogP contribution is -2.11. The number of nitrogens with one attached hydrogen (secondary N) is 1. The van der Waals surface area contributed by atoms with Crippen molar-refractivity contribution < 1.29 is 9.18 Å². The molecule has 0 bridgehead atoms. The number of aromatic nitrogens is 2. The monoisotopic (exact) mass is 343 g/mol. The summed E-state index contributed by atoms with van der Waals surface area (Å²) >= 11 is 6.16. The maximum Gasteiger partial charge on any atom is 0.255 e. The number of nitrogens with zero attached hydrogens (tertiary/aromatic N) is 2. The summed E-state index contributed by atoms with van der Waals surface area (Å²) in [5, 5.41) is 7.80. The van der Waals surface area contributed by atoms with E-state index in [2.05, 4.69) is 10.4 Å². The summed E-state index contributed by atoms with van der Waals surface area (Å²) in [7, 11) is 0. The molecule has 3 rings (SSSR count). The van der Waals surface area contributed by atoms with Gasteiger partial charge in [-0.2, -0.15) is 5.10 Å². The van der Waals surface area contributed by atoms with Crippen LogP contribution < -0.4 is 5.32 Å². The van der Waals surface area contributed by atoms with Crippen molar-refractivity contribution in [1.82, 2.24) is 9.78 Å². The van der Waals surface area contributed by atoms with Gasteiger partial charge in [-0.15, -0.1) is 0 Å². The van der Waals surface area contributed by atoms with Crippen molar-refractivity contribution in [3.8, 4) is 5.69 Å². The van der Waals surface area contributed by atoms with Crippen LogP contribution in [0.3, 0.4) is 0 Å². The largest absolute Gasteiger partial charge is 0.322 e. The maximum absolute atomic E-state index is 12.9. The van der Waals surface area contributed by atoms with E-state index in [4.69, 9.17) is 11.6 Å². The normalized spacial score (nSPS) is 10.7. The summed E-state index contributed by atoms with van der Waals surface area (Å²) in [6.07, 6.45) is 0. The topological polar surface area (TPSA) is 46.9 Å². The van der Waals surface area contributed by atoms with E-state index in [0.29, 0.717) is 16.3 Å². The first-order valence-corrected chi connectivity index (χ1v) is 7.72. The number of anilines is 1.